The van der Waals surface area contributed by atoms with Gasteiger partial charge in [-0.1, -0.05) is 30.3 Å². The lowest BCUT2D eigenvalue weighted by molar-refractivity contribution is 0.384. The molecule has 0 amide bonds. The van der Waals surface area contributed by atoms with Crippen LogP contribution in [-0.2, 0) is 10.0 Å². The number of aromatic nitrogens is 1. The predicted molar refractivity (Wildman–Crippen MR) is 109 cm³/mol. The highest BCUT2D eigenvalue weighted by atomic mass is 32.2. The summed E-state index contributed by atoms with van der Waals surface area (Å²) in [4.78, 5) is 6.64. The van der Waals surface area contributed by atoms with Crippen LogP contribution in [0, 0.1) is 13.8 Å². The highest BCUT2D eigenvalue weighted by molar-refractivity contribution is 7.89. The maximum Gasteiger partial charge on any atom is 0.243 e. The number of para-hydroxylation sites is 1. The molecule has 1 aromatic heterocycles. The summed E-state index contributed by atoms with van der Waals surface area (Å²) in [7, 11) is -3.58. The topological polar surface area (TPSA) is 66.7 Å². The number of sulfonamides is 1. The molecule has 1 saturated heterocycles. The van der Waals surface area contributed by atoms with E-state index >= 15 is 0 Å². The fourth-order valence-electron chi connectivity index (χ4n) is 3.49. The summed E-state index contributed by atoms with van der Waals surface area (Å²) in [5, 5.41) is 0. The second-order valence-electron chi connectivity index (χ2n) is 6.95. The van der Waals surface area contributed by atoms with E-state index in [2.05, 4.69) is 22.0 Å². The Morgan fingerprint density at radius 1 is 0.964 bits per heavy atom. The van der Waals surface area contributed by atoms with E-state index in [0.29, 0.717) is 48.3 Å². The van der Waals surface area contributed by atoms with Gasteiger partial charge in [0.15, 0.2) is 11.7 Å². The first-order valence-corrected chi connectivity index (χ1v) is 10.7. The van der Waals surface area contributed by atoms with Crippen LogP contribution in [0.4, 0.5) is 5.69 Å². The van der Waals surface area contributed by atoms with Gasteiger partial charge < -0.3 is 9.32 Å². The first kappa shape index (κ1) is 18.7. The number of benzene rings is 2. The van der Waals surface area contributed by atoms with Crippen LogP contribution in [0.1, 0.15) is 11.5 Å². The Hall–Kier alpha value is -2.64. The second kappa shape index (κ2) is 7.41. The molecule has 0 N–H and O–H groups in total. The highest BCUT2D eigenvalue weighted by Gasteiger charge is 2.30. The number of aryl methyl sites for hydroxylation is 2. The Bertz CT molecular complexity index is 1070. The van der Waals surface area contributed by atoms with Crippen LogP contribution < -0.4 is 4.90 Å². The molecule has 2 heterocycles. The third-order valence-electron chi connectivity index (χ3n) is 5.07. The summed E-state index contributed by atoms with van der Waals surface area (Å²) in [5.41, 5.74) is 2.57. The van der Waals surface area contributed by atoms with E-state index in [0.717, 1.165) is 11.3 Å². The first-order valence-electron chi connectivity index (χ1n) is 9.29. The number of hydrogen-bond acceptors (Lipinski definition) is 5. The standard InChI is InChI=1S/C21H23N3O3S/c1-16-8-9-18(20-15-22-17(2)27-20)14-21(16)28(25,26)24-12-10-23(11-13-24)19-6-4-3-5-7-19/h3-9,14-15H,10-13H2,1-2H3. The molecule has 146 valence electrons. The van der Waals surface area contributed by atoms with Gasteiger partial charge in [-0.15, -0.1) is 0 Å². The van der Waals surface area contributed by atoms with Crippen LogP contribution >= 0.6 is 0 Å². The van der Waals surface area contributed by atoms with E-state index in [4.69, 9.17) is 4.42 Å². The Labute approximate surface area is 165 Å². The molecular weight excluding hydrogens is 374 g/mol. The zero-order valence-corrected chi connectivity index (χ0v) is 16.8. The van der Waals surface area contributed by atoms with Gasteiger partial charge in [0.25, 0.3) is 0 Å². The van der Waals surface area contributed by atoms with Crippen molar-refractivity contribution in [2.75, 3.05) is 31.1 Å². The van der Waals surface area contributed by atoms with Crippen molar-refractivity contribution in [1.29, 1.82) is 0 Å². The summed E-state index contributed by atoms with van der Waals surface area (Å²) < 4.78 is 33.7. The van der Waals surface area contributed by atoms with Gasteiger partial charge in [0.1, 0.15) is 0 Å². The van der Waals surface area contributed by atoms with E-state index < -0.39 is 10.0 Å². The Kier molecular flexibility index (Phi) is 4.95. The molecular formula is C21H23N3O3S. The van der Waals surface area contributed by atoms with Crippen LogP contribution in [0.15, 0.2) is 64.0 Å². The molecule has 1 fully saturated rings. The van der Waals surface area contributed by atoms with Gasteiger partial charge in [-0.05, 0) is 30.7 Å². The largest absolute Gasteiger partial charge is 0.441 e. The summed E-state index contributed by atoms with van der Waals surface area (Å²) in [6, 6.07) is 15.5. The average molecular weight is 398 g/mol. The summed E-state index contributed by atoms with van der Waals surface area (Å²) in [5.74, 6) is 1.12. The lowest BCUT2D eigenvalue weighted by Gasteiger charge is -2.35. The molecule has 7 heteroatoms. The third kappa shape index (κ3) is 3.55. The van der Waals surface area contributed by atoms with Crippen molar-refractivity contribution < 1.29 is 12.8 Å². The van der Waals surface area contributed by atoms with Crippen molar-refractivity contribution in [3.05, 3.63) is 66.2 Å². The number of piperazine rings is 1. The molecule has 0 saturated carbocycles. The van der Waals surface area contributed by atoms with Crippen molar-refractivity contribution in [3.63, 3.8) is 0 Å². The fourth-order valence-corrected chi connectivity index (χ4v) is 5.16. The van der Waals surface area contributed by atoms with Crippen LogP contribution in [-0.4, -0.2) is 43.9 Å². The molecule has 0 unspecified atom stereocenters. The van der Waals surface area contributed by atoms with E-state index in [1.165, 1.54) is 0 Å². The maximum atomic E-state index is 13.3. The van der Waals surface area contributed by atoms with Gasteiger partial charge >= 0.3 is 0 Å². The molecule has 1 aliphatic rings. The minimum atomic E-state index is -3.58. The average Bonchev–Trinajstić information content (AvgIpc) is 3.15. The minimum absolute atomic E-state index is 0.326. The molecule has 0 bridgehead atoms. The van der Waals surface area contributed by atoms with Crippen LogP contribution in [0.5, 0.6) is 0 Å². The molecule has 4 rings (SSSR count). The number of rotatable bonds is 4. The quantitative estimate of drug-likeness (QED) is 0.674. The maximum absolute atomic E-state index is 13.3. The van der Waals surface area contributed by atoms with Crippen LogP contribution in [0.3, 0.4) is 0 Å². The van der Waals surface area contributed by atoms with Gasteiger partial charge in [0.2, 0.25) is 10.0 Å². The Morgan fingerprint density at radius 2 is 1.68 bits per heavy atom. The highest BCUT2D eigenvalue weighted by Crippen LogP contribution is 2.28. The molecule has 0 radical (unpaired) electrons. The molecule has 0 atom stereocenters. The van der Waals surface area contributed by atoms with Crippen molar-refractivity contribution in [2.45, 2.75) is 18.7 Å². The molecule has 6 nitrogen and oxygen atoms in total. The van der Waals surface area contributed by atoms with E-state index in [1.54, 1.807) is 23.5 Å². The predicted octanol–water partition coefficient (Wildman–Crippen LogP) is 3.47. The number of hydrogen-bond donors (Lipinski definition) is 0. The molecule has 0 aliphatic carbocycles. The minimum Gasteiger partial charge on any atom is -0.441 e. The summed E-state index contributed by atoms with van der Waals surface area (Å²) >= 11 is 0. The van der Waals surface area contributed by atoms with Gasteiger partial charge in [-0.2, -0.15) is 4.31 Å². The third-order valence-corrected chi connectivity index (χ3v) is 7.11. The molecule has 3 aromatic rings. The summed E-state index contributed by atoms with van der Waals surface area (Å²) in [6.07, 6.45) is 1.62. The van der Waals surface area contributed by atoms with E-state index in [9.17, 15) is 8.42 Å². The molecule has 2 aromatic carbocycles. The van der Waals surface area contributed by atoms with Crippen LogP contribution in [0.2, 0.25) is 0 Å². The number of anilines is 1. The zero-order valence-electron chi connectivity index (χ0n) is 16.0. The lowest BCUT2D eigenvalue weighted by Crippen LogP contribution is -2.48. The van der Waals surface area contributed by atoms with Gasteiger partial charge in [-0.3, -0.25) is 0 Å². The first-order chi connectivity index (χ1) is 13.4. The van der Waals surface area contributed by atoms with Crippen molar-refractivity contribution in [3.8, 4) is 11.3 Å². The number of oxazole rings is 1. The Balaban J connectivity index is 1.57. The zero-order chi connectivity index (χ0) is 19.7. The van der Waals surface area contributed by atoms with Gasteiger partial charge in [0, 0.05) is 44.4 Å². The summed E-state index contributed by atoms with van der Waals surface area (Å²) in [6.45, 7) is 5.85. The molecule has 1 aliphatic heterocycles. The smallest absolute Gasteiger partial charge is 0.243 e. The van der Waals surface area contributed by atoms with E-state index in [1.807, 2.05) is 37.3 Å². The number of nitrogens with zero attached hydrogens (tertiary/aromatic N) is 3. The second-order valence-corrected chi connectivity index (χ2v) is 8.86. The SMILES string of the molecule is Cc1ncc(-c2ccc(C)c(S(=O)(=O)N3CCN(c4ccccc4)CC3)c2)o1. The fraction of sp³-hybridized carbons (Fsp3) is 0.286. The van der Waals surface area contributed by atoms with Gasteiger partial charge in [0.05, 0.1) is 11.1 Å². The monoisotopic (exact) mass is 397 g/mol. The van der Waals surface area contributed by atoms with Crippen molar-refractivity contribution >= 4 is 15.7 Å². The molecule has 28 heavy (non-hydrogen) atoms. The van der Waals surface area contributed by atoms with Crippen molar-refractivity contribution in [1.82, 2.24) is 9.29 Å². The lowest BCUT2D eigenvalue weighted by atomic mass is 10.1. The van der Waals surface area contributed by atoms with E-state index in [-0.39, 0.29) is 0 Å². The van der Waals surface area contributed by atoms with Gasteiger partial charge in [-0.25, -0.2) is 13.4 Å². The Morgan fingerprint density at radius 3 is 2.32 bits per heavy atom. The molecule has 0 spiro atoms. The van der Waals surface area contributed by atoms with Crippen molar-refractivity contribution in [2.24, 2.45) is 0 Å². The van der Waals surface area contributed by atoms with Crippen LogP contribution in [0.25, 0.3) is 11.3 Å². The normalized spacial score (nSPS) is 15.7.